The van der Waals surface area contributed by atoms with Crippen LogP contribution in [0.25, 0.3) is 0 Å². The van der Waals surface area contributed by atoms with Gasteiger partial charge in [0.05, 0.1) is 12.6 Å². The average molecular weight is 504 g/mol. The van der Waals surface area contributed by atoms with Gasteiger partial charge in [-0.3, -0.25) is 9.89 Å². The SMILES string of the molecule is CCN=C(NC1CCN(CC(F)(F)F)C1)NC1CC(OCC)C12CCC2.I. The zero-order valence-corrected chi connectivity index (χ0v) is 18.5. The van der Waals surface area contributed by atoms with Crippen molar-refractivity contribution in [2.45, 2.75) is 70.3 Å². The maximum absolute atomic E-state index is 12.6. The molecule has 9 heteroatoms. The predicted octanol–water partition coefficient (Wildman–Crippen LogP) is 3.14. The van der Waals surface area contributed by atoms with E-state index in [1.807, 2.05) is 13.8 Å². The van der Waals surface area contributed by atoms with Gasteiger partial charge >= 0.3 is 6.18 Å². The number of hydrogen-bond donors (Lipinski definition) is 2. The van der Waals surface area contributed by atoms with Crippen molar-refractivity contribution in [3.8, 4) is 0 Å². The highest BCUT2D eigenvalue weighted by Crippen LogP contribution is 2.57. The maximum atomic E-state index is 12.6. The summed E-state index contributed by atoms with van der Waals surface area (Å²) in [4.78, 5) is 5.98. The van der Waals surface area contributed by atoms with Crippen molar-refractivity contribution in [3.05, 3.63) is 0 Å². The maximum Gasteiger partial charge on any atom is 0.401 e. The van der Waals surface area contributed by atoms with Crippen LogP contribution < -0.4 is 10.6 Å². The van der Waals surface area contributed by atoms with Crippen LogP contribution in [0.1, 0.15) is 46.0 Å². The van der Waals surface area contributed by atoms with Gasteiger partial charge in [0.25, 0.3) is 0 Å². The van der Waals surface area contributed by atoms with Crippen molar-refractivity contribution in [1.82, 2.24) is 15.5 Å². The van der Waals surface area contributed by atoms with Crippen LogP contribution in [0, 0.1) is 5.41 Å². The zero-order chi connectivity index (χ0) is 18.8. The number of aliphatic imine (C=N–C) groups is 1. The van der Waals surface area contributed by atoms with Crippen molar-refractivity contribution in [2.24, 2.45) is 10.4 Å². The lowest BCUT2D eigenvalue weighted by Crippen LogP contribution is -2.69. The van der Waals surface area contributed by atoms with Gasteiger partial charge in [-0.2, -0.15) is 13.2 Å². The summed E-state index contributed by atoms with van der Waals surface area (Å²) < 4.78 is 43.6. The molecule has 158 valence electrons. The van der Waals surface area contributed by atoms with E-state index in [1.54, 1.807) is 0 Å². The molecule has 1 aliphatic heterocycles. The van der Waals surface area contributed by atoms with Crippen LogP contribution in [0.3, 0.4) is 0 Å². The van der Waals surface area contributed by atoms with Gasteiger partial charge in [0.2, 0.25) is 0 Å². The summed E-state index contributed by atoms with van der Waals surface area (Å²) in [6.07, 6.45) is 1.47. The van der Waals surface area contributed by atoms with Gasteiger partial charge < -0.3 is 15.4 Å². The minimum Gasteiger partial charge on any atom is -0.378 e. The van der Waals surface area contributed by atoms with Gasteiger partial charge in [-0.1, -0.05) is 6.42 Å². The van der Waals surface area contributed by atoms with Crippen LogP contribution >= 0.6 is 24.0 Å². The first kappa shape index (κ1) is 23.0. The minimum absolute atomic E-state index is 0. The van der Waals surface area contributed by atoms with Gasteiger partial charge in [0.15, 0.2) is 5.96 Å². The van der Waals surface area contributed by atoms with E-state index in [2.05, 4.69) is 15.6 Å². The first-order valence-corrected chi connectivity index (χ1v) is 9.84. The molecule has 3 unspecified atom stereocenters. The third-order valence-electron chi connectivity index (χ3n) is 6.08. The fraction of sp³-hybridized carbons (Fsp3) is 0.944. The molecule has 0 bridgehead atoms. The van der Waals surface area contributed by atoms with Crippen LogP contribution in [0.15, 0.2) is 4.99 Å². The Morgan fingerprint density at radius 2 is 2.00 bits per heavy atom. The number of alkyl halides is 3. The van der Waals surface area contributed by atoms with Gasteiger partial charge in [0, 0.05) is 43.7 Å². The van der Waals surface area contributed by atoms with Gasteiger partial charge in [-0.25, -0.2) is 0 Å². The number of guanidine groups is 1. The van der Waals surface area contributed by atoms with E-state index in [9.17, 15) is 13.2 Å². The molecule has 0 amide bonds. The summed E-state index contributed by atoms with van der Waals surface area (Å²) in [5.41, 5.74) is 0.226. The molecule has 3 fully saturated rings. The lowest BCUT2D eigenvalue weighted by molar-refractivity contribution is -0.168. The summed E-state index contributed by atoms with van der Waals surface area (Å²) in [5.74, 6) is 0.734. The highest BCUT2D eigenvalue weighted by molar-refractivity contribution is 14.0. The van der Waals surface area contributed by atoms with Crippen molar-refractivity contribution >= 4 is 29.9 Å². The number of ether oxygens (including phenoxy) is 1. The molecule has 0 aromatic carbocycles. The number of nitrogens with zero attached hydrogens (tertiary/aromatic N) is 2. The number of rotatable bonds is 6. The molecular weight excluding hydrogens is 472 g/mol. The number of hydrogen-bond acceptors (Lipinski definition) is 3. The first-order valence-electron chi connectivity index (χ1n) is 9.84. The molecule has 0 radical (unpaired) electrons. The molecule has 2 aliphatic carbocycles. The molecule has 3 rings (SSSR count). The summed E-state index contributed by atoms with van der Waals surface area (Å²) in [6.45, 7) is 5.42. The predicted molar refractivity (Wildman–Crippen MR) is 111 cm³/mol. The van der Waals surface area contributed by atoms with E-state index in [-0.39, 0.29) is 35.4 Å². The van der Waals surface area contributed by atoms with Crippen molar-refractivity contribution < 1.29 is 17.9 Å². The van der Waals surface area contributed by atoms with Crippen molar-refractivity contribution in [3.63, 3.8) is 0 Å². The Bertz CT molecular complexity index is 513. The Labute approximate surface area is 176 Å². The van der Waals surface area contributed by atoms with Crippen LogP contribution in [-0.4, -0.2) is 68.0 Å². The monoisotopic (exact) mass is 504 g/mol. The summed E-state index contributed by atoms with van der Waals surface area (Å²) in [6, 6.07) is 0.355. The molecule has 2 N–H and O–H groups in total. The highest BCUT2D eigenvalue weighted by Gasteiger charge is 2.59. The van der Waals surface area contributed by atoms with Crippen molar-refractivity contribution in [1.29, 1.82) is 0 Å². The highest BCUT2D eigenvalue weighted by atomic mass is 127. The minimum atomic E-state index is -4.13. The largest absolute Gasteiger partial charge is 0.401 e. The Hall–Kier alpha value is -0.290. The smallest absolute Gasteiger partial charge is 0.378 e. The number of likely N-dealkylation sites (tertiary alicyclic amines) is 1. The van der Waals surface area contributed by atoms with E-state index >= 15 is 0 Å². The zero-order valence-electron chi connectivity index (χ0n) is 16.1. The molecule has 5 nitrogen and oxygen atoms in total. The molecule has 2 saturated carbocycles. The number of nitrogens with one attached hydrogen (secondary N) is 2. The van der Waals surface area contributed by atoms with E-state index in [0.717, 1.165) is 19.0 Å². The fourth-order valence-electron chi connectivity index (χ4n) is 4.64. The first-order chi connectivity index (χ1) is 12.4. The third-order valence-corrected chi connectivity index (χ3v) is 6.08. The standard InChI is InChI=1S/C18H31F3N4O.HI/c1-3-22-16(23-13-6-9-25(11-13)12-18(19,20)21)24-14-10-15(26-4-2)17(14)7-5-8-17;/h13-15H,3-12H2,1-2H3,(H2,22,23,24);1H. The van der Waals surface area contributed by atoms with E-state index in [1.165, 1.54) is 24.2 Å². The van der Waals surface area contributed by atoms with Gasteiger partial charge in [-0.15, -0.1) is 24.0 Å². The van der Waals surface area contributed by atoms with E-state index in [4.69, 9.17) is 4.74 Å². The summed E-state index contributed by atoms with van der Waals surface area (Å²) in [5, 5.41) is 6.90. The molecule has 1 saturated heterocycles. The van der Waals surface area contributed by atoms with Crippen LogP contribution in [0.2, 0.25) is 0 Å². The Morgan fingerprint density at radius 1 is 1.26 bits per heavy atom. The molecule has 0 aromatic heterocycles. The lowest BCUT2D eigenvalue weighted by atomic mass is 9.51. The number of halogens is 4. The second-order valence-corrected chi connectivity index (χ2v) is 7.77. The van der Waals surface area contributed by atoms with Crippen LogP contribution in [0.4, 0.5) is 13.2 Å². The second kappa shape index (κ2) is 9.47. The molecular formula is C18H32F3IN4O. The second-order valence-electron chi connectivity index (χ2n) is 7.77. The average Bonchev–Trinajstić information content (AvgIpc) is 2.89. The van der Waals surface area contributed by atoms with Gasteiger partial charge in [0.1, 0.15) is 0 Å². The molecule has 1 spiro atoms. The Kier molecular flexibility index (Phi) is 8.07. The topological polar surface area (TPSA) is 48.9 Å². The molecule has 3 atom stereocenters. The Morgan fingerprint density at radius 3 is 2.56 bits per heavy atom. The summed E-state index contributed by atoms with van der Waals surface area (Å²) in [7, 11) is 0. The van der Waals surface area contributed by atoms with E-state index in [0.29, 0.717) is 38.2 Å². The molecule has 1 heterocycles. The molecule has 27 heavy (non-hydrogen) atoms. The lowest BCUT2D eigenvalue weighted by Gasteiger charge is -2.61. The Balaban J connectivity index is 0.00000261. The third kappa shape index (κ3) is 5.41. The van der Waals surface area contributed by atoms with Crippen molar-refractivity contribution in [2.75, 3.05) is 32.8 Å². The van der Waals surface area contributed by atoms with E-state index < -0.39 is 12.7 Å². The fourth-order valence-corrected chi connectivity index (χ4v) is 4.64. The normalized spacial score (nSPS) is 30.4. The van der Waals surface area contributed by atoms with Crippen LogP contribution in [-0.2, 0) is 4.74 Å². The quantitative estimate of drug-likeness (QED) is 0.332. The van der Waals surface area contributed by atoms with Crippen LogP contribution in [0.5, 0.6) is 0 Å². The summed E-state index contributed by atoms with van der Waals surface area (Å²) >= 11 is 0. The van der Waals surface area contributed by atoms with Gasteiger partial charge in [-0.05, 0) is 39.5 Å². The molecule has 3 aliphatic rings. The molecule has 0 aromatic rings.